The van der Waals surface area contributed by atoms with Crippen LogP contribution in [-0.2, 0) is 19.1 Å². The normalized spacial score (nSPS) is 25.4. The Morgan fingerprint density at radius 2 is 0.905 bits per heavy atom. The summed E-state index contributed by atoms with van der Waals surface area (Å²) in [5, 5.41) is 5.88. The van der Waals surface area contributed by atoms with Gasteiger partial charge in [0.25, 0.3) is 0 Å². The number of nitrogens with zero attached hydrogens (tertiary/aromatic N) is 2. The minimum absolute atomic E-state index is 0.0646. The van der Waals surface area contributed by atoms with Crippen LogP contribution in [0.2, 0.25) is 0 Å². The second kappa shape index (κ2) is 13.4. The van der Waals surface area contributed by atoms with Crippen LogP contribution in [0.4, 0.5) is 9.59 Å². The third-order valence-electron chi connectivity index (χ3n) is 9.26. The first-order chi connectivity index (χ1) is 19.7. The third kappa shape index (κ3) is 8.31. The first-order valence-electron chi connectivity index (χ1n) is 16.3. The molecule has 0 spiro atoms. The van der Waals surface area contributed by atoms with Crippen molar-refractivity contribution in [3.05, 3.63) is 0 Å². The van der Waals surface area contributed by atoms with E-state index in [4.69, 9.17) is 9.47 Å². The second-order valence-electron chi connectivity index (χ2n) is 14.8. The number of alkyl carbamates (subject to hydrolysis) is 2. The Morgan fingerprint density at radius 3 is 1.21 bits per heavy atom. The summed E-state index contributed by atoms with van der Waals surface area (Å²) in [6, 6.07) is -1.46. The van der Waals surface area contributed by atoms with Crippen LogP contribution in [0, 0.1) is 11.8 Å². The zero-order chi connectivity index (χ0) is 30.7. The van der Waals surface area contributed by atoms with E-state index < -0.39 is 35.5 Å². The molecule has 0 radical (unpaired) electrons. The minimum atomic E-state index is -0.655. The van der Waals surface area contributed by atoms with E-state index in [0.29, 0.717) is 25.9 Å². The zero-order valence-electron chi connectivity index (χ0n) is 26.7. The Labute approximate surface area is 252 Å². The largest absolute Gasteiger partial charge is 0.444 e. The molecule has 4 atom stereocenters. The molecule has 0 aromatic carbocycles. The van der Waals surface area contributed by atoms with Gasteiger partial charge in [-0.05, 0) is 91.9 Å². The van der Waals surface area contributed by atoms with Gasteiger partial charge in [0.2, 0.25) is 11.8 Å². The van der Waals surface area contributed by atoms with Crippen molar-refractivity contribution in [3.63, 3.8) is 0 Å². The number of hydrogen-bond acceptors (Lipinski definition) is 6. The van der Waals surface area contributed by atoms with Gasteiger partial charge in [0.15, 0.2) is 0 Å². The number of nitrogens with one attached hydrogen (secondary N) is 2. The number of ether oxygens (including phenoxy) is 2. The predicted octanol–water partition coefficient (Wildman–Crippen LogP) is 5.14. The molecule has 2 saturated carbocycles. The first-order valence-corrected chi connectivity index (χ1v) is 16.3. The maximum atomic E-state index is 14.1. The Bertz CT molecular complexity index is 898. The quantitative estimate of drug-likeness (QED) is 0.443. The zero-order valence-corrected chi connectivity index (χ0v) is 26.7. The molecule has 2 heterocycles. The van der Waals surface area contributed by atoms with Gasteiger partial charge in [0.05, 0.1) is 12.1 Å². The highest BCUT2D eigenvalue weighted by molar-refractivity contribution is 5.88. The SMILES string of the molecule is CC(C)(C)OC(=O)N[C@H](C(=O)N1CC[C@@H]2[C@H]1CCN2C(=O)[C@@H](NC(=O)OC(C)(C)C)C1CCCCC1)C1CCCCC1. The molecule has 4 amide bonds. The fourth-order valence-corrected chi connectivity index (χ4v) is 7.46. The Morgan fingerprint density at radius 1 is 0.571 bits per heavy atom. The van der Waals surface area contributed by atoms with Gasteiger partial charge < -0.3 is 29.9 Å². The van der Waals surface area contributed by atoms with E-state index in [1.54, 1.807) is 0 Å². The van der Waals surface area contributed by atoms with Crippen LogP contribution >= 0.6 is 0 Å². The maximum Gasteiger partial charge on any atom is 0.408 e. The lowest BCUT2D eigenvalue weighted by atomic mass is 9.83. The molecular formula is C32H54N4O6. The van der Waals surface area contributed by atoms with Gasteiger partial charge in [-0.1, -0.05) is 38.5 Å². The molecule has 238 valence electrons. The van der Waals surface area contributed by atoms with Crippen LogP contribution in [-0.4, -0.2) is 82.3 Å². The number of likely N-dealkylation sites (tertiary alicyclic amines) is 2. The maximum absolute atomic E-state index is 14.1. The number of carbonyl (C=O) groups is 4. The summed E-state index contributed by atoms with van der Waals surface area (Å²) in [5.74, 6) is 0.0203. The molecule has 10 heteroatoms. The lowest BCUT2D eigenvalue weighted by Crippen LogP contribution is -2.56. The van der Waals surface area contributed by atoms with Gasteiger partial charge in [-0.15, -0.1) is 0 Å². The van der Waals surface area contributed by atoms with Crippen molar-refractivity contribution < 1.29 is 28.7 Å². The van der Waals surface area contributed by atoms with Crippen molar-refractivity contribution in [1.29, 1.82) is 0 Å². The van der Waals surface area contributed by atoms with E-state index in [1.165, 1.54) is 0 Å². The Kier molecular flexibility index (Phi) is 10.3. The Hall–Kier alpha value is -2.52. The number of fused-ring (bicyclic) bond motifs is 1. The molecule has 2 aliphatic carbocycles. The molecular weight excluding hydrogens is 536 g/mol. The summed E-state index contributed by atoms with van der Waals surface area (Å²) in [7, 11) is 0. The van der Waals surface area contributed by atoms with Crippen molar-refractivity contribution >= 4 is 24.0 Å². The second-order valence-corrected chi connectivity index (χ2v) is 14.8. The van der Waals surface area contributed by atoms with E-state index in [0.717, 1.165) is 64.2 Å². The van der Waals surface area contributed by atoms with Gasteiger partial charge in [0, 0.05) is 13.1 Å². The van der Waals surface area contributed by atoms with E-state index >= 15 is 0 Å². The minimum Gasteiger partial charge on any atom is -0.444 e. The van der Waals surface area contributed by atoms with E-state index in [9.17, 15) is 19.2 Å². The molecule has 10 nitrogen and oxygen atoms in total. The molecule has 2 aliphatic heterocycles. The number of rotatable bonds is 6. The number of amides is 4. The standard InChI is InChI=1S/C32H54N4O6/c1-31(2,3)41-29(39)33-25(21-13-9-7-10-14-21)27(37)35-19-17-24-23(35)18-20-36(24)28(38)26(22-15-11-8-12-16-22)34-30(40)42-32(4,5)6/h21-26H,7-20H2,1-6H3,(H,33,39)(H,34,40)/t23-,24-,25+,26+/m1/s1. The van der Waals surface area contributed by atoms with Crippen molar-refractivity contribution in [2.75, 3.05) is 13.1 Å². The van der Waals surface area contributed by atoms with Crippen LogP contribution in [0.5, 0.6) is 0 Å². The lowest BCUT2D eigenvalue weighted by Gasteiger charge is -2.36. The highest BCUT2D eigenvalue weighted by Crippen LogP contribution is 2.36. The topological polar surface area (TPSA) is 117 Å². The van der Waals surface area contributed by atoms with E-state index in [1.807, 2.05) is 51.3 Å². The average molecular weight is 591 g/mol. The molecule has 0 aromatic rings. The molecule has 2 saturated heterocycles. The summed E-state index contributed by atoms with van der Waals surface area (Å²) < 4.78 is 11.1. The van der Waals surface area contributed by atoms with Crippen molar-refractivity contribution in [2.24, 2.45) is 11.8 Å². The highest BCUT2D eigenvalue weighted by atomic mass is 16.6. The van der Waals surface area contributed by atoms with Crippen LogP contribution in [0.3, 0.4) is 0 Å². The predicted molar refractivity (Wildman–Crippen MR) is 160 cm³/mol. The molecule has 0 bridgehead atoms. The summed E-state index contributed by atoms with van der Waals surface area (Å²) in [6.07, 6.45) is 10.3. The molecule has 42 heavy (non-hydrogen) atoms. The smallest absolute Gasteiger partial charge is 0.408 e. The van der Waals surface area contributed by atoms with Crippen LogP contribution in [0.1, 0.15) is 119 Å². The Balaban J connectivity index is 1.47. The average Bonchev–Trinajstić information content (AvgIpc) is 3.51. The van der Waals surface area contributed by atoms with Crippen LogP contribution in [0.25, 0.3) is 0 Å². The van der Waals surface area contributed by atoms with E-state index in [-0.39, 0.29) is 35.7 Å². The molecule has 4 aliphatic rings. The summed E-state index contributed by atoms with van der Waals surface area (Å²) in [5.41, 5.74) is -1.31. The molecule has 2 N–H and O–H groups in total. The molecule has 0 unspecified atom stereocenters. The first kappa shape index (κ1) is 32.4. The lowest BCUT2D eigenvalue weighted by molar-refractivity contribution is -0.138. The van der Waals surface area contributed by atoms with Gasteiger partial charge >= 0.3 is 12.2 Å². The van der Waals surface area contributed by atoms with E-state index in [2.05, 4.69) is 10.6 Å². The van der Waals surface area contributed by atoms with Gasteiger partial charge in [-0.2, -0.15) is 0 Å². The van der Waals surface area contributed by atoms with Gasteiger partial charge in [0.1, 0.15) is 23.3 Å². The monoisotopic (exact) mass is 590 g/mol. The van der Waals surface area contributed by atoms with Crippen molar-refractivity contribution in [2.45, 2.75) is 154 Å². The third-order valence-corrected chi connectivity index (χ3v) is 9.26. The summed E-state index contributed by atoms with van der Waals surface area (Å²) >= 11 is 0. The van der Waals surface area contributed by atoms with Crippen LogP contribution in [0.15, 0.2) is 0 Å². The molecule has 4 fully saturated rings. The fourth-order valence-electron chi connectivity index (χ4n) is 7.46. The summed E-state index contributed by atoms with van der Waals surface area (Å²) in [4.78, 5) is 57.6. The van der Waals surface area contributed by atoms with Gasteiger partial charge in [-0.25, -0.2) is 9.59 Å². The molecule has 4 rings (SSSR count). The van der Waals surface area contributed by atoms with Crippen molar-refractivity contribution in [3.8, 4) is 0 Å². The molecule has 0 aromatic heterocycles. The van der Waals surface area contributed by atoms with Crippen molar-refractivity contribution in [1.82, 2.24) is 20.4 Å². The highest BCUT2D eigenvalue weighted by Gasteiger charge is 2.50. The van der Waals surface area contributed by atoms with Crippen LogP contribution < -0.4 is 10.6 Å². The van der Waals surface area contributed by atoms with Gasteiger partial charge in [-0.3, -0.25) is 9.59 Å². The fraction of sp³-hybridized carbons (Fsp3) is 0.875. The number of hydrogen-bond donors (Lipinski definition) is 2. The number of carbonyl (C=O) groups excluding carboxylic acids is 4. The summed E-state index contributed by atoms with van der Waals surface area (Å²) in [6.45, 7) is 12.0.